The van der Waals surface area contributed by atoms with Crippen molar-refractivity contribution >= 4 is 27.4 Å². The lowest BCUT2D eigenvalue weighted by molar-refractivity contribution is 1.01. The van der Waals surface area contributed by atoms with E-state index in [1.54, 1.807) is 17.7 Å². The smallest absolute Gasteiger partial charge is 0.138 e. The Kier molecular flexibility index (Phi) is 4.36. The number of anilines is 1. The Morgan fingerprint density at radius 3 is 2.64 bits per heavy atom. The van der Waals surface area contributed by atoms with E-state index < -0.39 is 0 Å². The molecule has 1 aromatic carbocycles. The minimum absolute atomic E-state index is 0.579. The number of nitrogens with one attached hydrogen (secondary N) is 1. The number of benzene rings is 1. The Morgan fingerprint density at radius 1 is 1.18 bits per heavy atom. The van der Waals surface area contributed by atoms with Gasteiger partial charge in [0.1, 0.15) is 17.0 Å². The summed E-state index contributed by atoms with van der Waals surface area (Å²) < 4.78 is 0. The quantitative estimate of drug-likeness (QED) is 0.755. The van der Waals surface area contributed by atoms with Crippen LogP contribution in [0.3, 0.4) is 0 Å². The Hall–Kier alpha value is -1.98. The molecule has 0 aliphatic rings. The molecule has 3 aromatic rings. The van der Waals surface area contributed by atoms with Crippen molar-refractivity contribution in [1.82, 2.24) is 9.97 Å². The molecule has 22 heavy (non-hydrogen) atoms. The Labute approximate surface area is 134 Å². The fourth-order valence-corrected chi connectivity index (χ4v) is 3.68. The molecule has 3 N–H and O–H groups in total. The number of hydrogen-bond donors (Lipinski definition) is 2. The van der Waals surface area contributed by atoms with E-state index in [-0.39, 0.29) is 0 Å². The van der Waals surface area contributed by atoms with Crippen LogP contribution in [0.2, 0.25) is 0 Å². The van der Waals surface area contributed by atoms with Gasteiger partial charge in [0.15, 0.2) is 0 Å². The van der Waals surface area contributed by atoms with Gasteiger partial charge >= 0.3 is 0 Å². The predicted molar refractivity (Wildman–Crippen MR) is 94.5 cm³/mol. The van der Waals surface area contributed by atoms with Crippen LogP contribution in [0.1, 0.15) is 17.4 Å². The van der Waals surface area contributed by atoms with Gasteiger partial charge in [0, 0.05) is 23.5 Å². The summed E-state index contributed by atoms with van der Waals surface area (Å²) in [7, 11) is 0. The molecule has 2 aromatic heterocycles. The largest absolute Gasteiger partial charge is 0.368 e. The topological polar surface area (TPSA) is 63.8 Å². The van der Waals surface area contributed by atoms with E-state index in [0.29, 0.717) is 13.1 Å². The van der Waals surface area contributed by atoms with Crippen LogP contribution in [0.25, 0.3) is 21.3 Å². The number of nitrogens with two attached hydrogens (primary N) is 1. The Balaban J connectivity index is 2.23. The average Bonchev–Trinajstić information content (AvgIpc) is 2.93. The van der Waals surface area contributed by atoms with E-state index in [0.717, 1.165) is 22.5 Å². The van der Waals surface area contributed by atoms with E-state index in [9.17, 15) is 0 Å². The van der Waals surface area contributed by atoms with Gasteiger partial charge in [0.05, 0.1) is 5.39 Å². The van der Waals surface area contributed by atoms with Crippen LogP contribution in [0, 0.1) is 6.92 Å². The third kappa shape index (κ3) is 2.69. The molecule has 114 valence electrons. The summed E-state index contributed by atoms with van der Waals surface area (Å²) in [5.74, 6) is 0.877. The molecule has 0 amide bonds. The highest BCUT2D eigenvalue weighted by Crippen LogP contribution is 2.41. The molecule has 0 atom stereocenters. The number of nitrogens with zero attached hydrogens (tertiary/aromatic N) is 2. The molecule has 0 aliphatic heterocycles. The first-order valence-corrected chi connectivity index (χ1v) is 8.33. The van der Waals surface area contributed by atoms with Crippen molar-refractivity contribution in [3.05, 3.63) is 41.0 Å². The van der Waals surface area contributed by atoms with Crippen LogP contribution in [0.5, 0.6) is 0 Å². The molecule has 0 radical (unpaired) electrons. The monoisotopic (exact) mass is 312 g/mol. The van der Waals surface area contributed by atoms with E-state index in [1.807, 2.05) is 0 Å². The molecular formula is C17H20N4S. The molecule has 3 rings (SSSR count). The molecular weight excluding hydrogens is 292 g/mol. The van der Waals surface area contributed by atoms with E-state index in [2.05, 4.69) is 53.4 Å². The number of aromatic nitrogens is 2. The minimum Gasteiger partial charge on any atom is -0.368 e. The highest BCUT2D eigenvalue weighted by Gasteiger charge is 2.17. The van der Waals surface area contributed by atoms with Crippen molar-refractivity contribution in [2.75, 3.05) is 18.4 Å². The summed E-state index contributed by atoms with van der Waals surface area (Å²) in [4.78, 5) is 11.3. The molecule has 5 heteroatoms. The number of aryl methyl sites for hydroxylation is 2. The van der Waals surface area contributed by atoms with Crippen molar-refractivity contribution < 1.29 is 0 Å². The molecule has 4 nitrogen and oxygen atoms in total. The molecule has 0 spiro atoms. The number of thiophene rings is 1. The highest BCUT2D eigenvalue weighted by molar-refractivity contribution is 7.19. The van der Waals surface area contributed by atoms with Crippen molar-refractivity contribution in [3.8, 4) is 11.1 Å². The van der Waals surface area contributed by atoms with Crippen molar-refractivity contribution in [3.63, 3.8) is 0 Å². The zero-order valence-corrected chi connectivity index (χ0v) is 13.7. The molecule has 0 unspecified atom stereocenters. The zero-order chi connectivity index (χ0) is 15.5. The van der Waals surface area contributed by atoms with Gasteiger partial charge in [-0.15, -0.1) is 11.3 Å². The van der Waals surface area contributed by atoms with Crippen molar-refractivity contribution in [2.24, 2.45) is 5.73 Å². The summed E-state index contributed by atoms with van der Waals surface area (Å²) in [6.07, 6.45) is 2.61. The highest BCUT2D eigenvalue weighted by atomic mass is 32.1. The third-order valence-electron chi connectivity index (χ3n) is 3.66. The summed E-state index contributed by atoms with van der Waals surface area (Å²) in [5, 5.41) is 4.44. The number of fused-ring (bicyclic) bond motifs is 1. The van der Waals surface area contributed by atoms with Gasteiger partial charge in [-0.25, -0.2) is 9.97 Å². The van der Waals surface area contributed by atoms with Gasteiger partial charge in [0.25, 0.3) is 0 Å². The van der Waals surface area contributed by atoms with Gasteiger partial charge in [-0.2, -0.15) is 0 Å². The maximum Gasteiger partial charge on any atom is 0.138 e. The maximum atomic E-state index is 5.61. The third-order valence-corrected chi connectivity index (χ3v) is 4.90. The normalized spacial score (nSPS) is 11.0. The van der Waals surface area contributed by atoms with Crippen LogP contribution in [0.15, 0.2) is 30.6 Å². The van der Waals surface area contributed by atoms with Gasteiger partial charge in [-0.1, -0.05) is 36.8 Å². The molecule has 0 fully saturated rings. The summed E-state index contributed by atoms with van der Waals surface area (Å²) in [6.45, 7) is 5.57. The van der Waals surface area contributed by atoms with Crippen LogP contribution < -0.4 is 11.1 Å². The van der Waals surface area contributed by atoms with Crippen molar-refractivity contribution in [1.29, 1.82) is 0 Å². The van der Waals surface area contributed by atoms with Gasteiger partial charge in [0.2, 0.25) is 0 Å². The molecule has 0 saturated carbocycles. The van der Waals surface area contributed by atoms with Crippen molar-refractivity contribution in [2.45, 2.75) is 20.3 Å². The fourth-order valence-electron chi connectivity index (χ4n) is 2.58. The standard InChI is InChI=1S/C17H20N4S/c1-3-13-14(12-6-4-11(2)5-7-12)15-16(19-9-8-18)20-10-21-17(15)22-13/h4-7,10H,3,8-9,18H2,1-2H3,(H,19,20,21). The summed E-state index contributed by atoms with van der Waals surface area (Å²) in [6, 6.07) is 8.65. The second-order valence-corrected chi connectivity index (χ2v) is 6.32. The van der Waals surface area contributed by atoms with Crippen LogP contribution in [0.4, 0.5) is 5.82 Å². The minimum atomic E-state index is 0.579. The lowest BCUT2D eigenvalue weighted by Gasteiger charge is -2.08. The Bertz CT molecular complexity index is 777. The first-order chi connectivity index (χ1) is 10.7. The average molecular weight is 312 g/mol. The fraction of sp³-hybridized carbons (Fsp3) is 0.294. The maximum absolute atomic E-state index is 5.61. The second kappa shape index (κ2) is 6.42. The van der Waals surface area contributed by atoms with E-state index in [4.69, 9.17) is 5.73 Å². The molecule has 0 aliphatic carbocycles. The van der Waals surface area contributed by atoms with E-state index in [1.165, 1.54) is 21.6 Å². The van der Waals surface area contributed by atoms with Crippen LogP contribution in [-0.2, 0) is 6.42 Å². The summed E-state index contributed by atoms with van der Waals surface area (Å²) >= 11 is 1.75. The second-order valence-electron chi connectivity index (χ2n) is 5.24. The molecule has 0 saturated heterocycles. The number of hydrogen-bond acceptors (Lipinski definition) is 5. The van der Waals surface area contributed by atoms with Gasteiger partial charge in [-0.05, 0) is 18.9 Å². The Morgan fingerprint density at radius 2 is 1.95 bits per heavy atom. The number of rotatable bonds is 5. The summed E-state index contributed by atoms with van der Waals surface area (Å²) in [5.41, 5.74) is 9.35. The molecule has 0 bridgehead atoms. The van der Waals surface area contributed by atoms with E-state index >= 15 is 0 Å². The first kappa shape index (κ1) is 14.9. The van der Waals surface area contributed by atoms with Crippen LogP contribution in [-0.4, -0.2) is 23.1 Å². The predicted octanol–water partition coefficient (Wildman–Crippen LogP) is 3.60. The van der Waals surface area contributed by atoms with Crippen LogP contribution >= 0.6 is 11.3 Å². The zero-order valence-electron chi connectivity index (χ0n) is 12.9. The lowest BCUT2D eigenvalue weighted by atomic mass is 10.0. The SMILES string of the molecule is CCc1sc2ncnc(NCCN)c2c1-c1ccc(C)cc1. The lowest BCUT2D eigenvalue weighted by Crippen LogP contribution is -2.14. The van der Waals surface area contributed by atoms with Gasteiger partial charge in [-0.3, -0.25) is 0 Å². The van der Waals surface area contributed by atoms with Gasteiger partial charge < -0.3 is 11.1 Å². The molecule has 2 heterocycles. The first-order valence-electron chi connectivity index (χ1n) is 7.52.